The standard InChI is InChI=1S/C30H32N2O4.C29H28Cl2N2O3/c1-31(2)27(33)20-32-18-25(29(34)21-11-6-4-7-12-21)28(23-15-10-16-24(17-23)36-3)26(19-32)30(35)22-13-8-5-9-14-22;1-32(2)26(34)18-33-16-24(28(35)19-9-5-3-6-10-19)27(21-13-22(30)15-23(31)14-21)25(17-33)29(36)20-11-7-4-8-12-20/h4-17,25-26,28H,18-20H2,1-3H3;3-15,24-25,27H,16-18H2,1-2H3/t25-,26-;24-,25-/m00/s1. The summed E-state index contributed by atoms with van der Waals surface area (Å²) >= 11 is 12.8. The highest BCUT2D eigenvalue weighted by molar-refractivity contribution is 6.34. The molecule has 72 heavy (non-hydrogen) atoms. The van der Waals surface area contributed by atoms with Crippen LogP contribution in [0.4, 0.5) is 0 Å². The van der Waals surface area contributed by atoms with Crippen LogP contribution in [0.25, 0.3) is 0 Å². The molecule has 6 aromatic rings. The largest absolute Gasteiger partial charge is 0.497 e. The molecule has 0 radical (unpaired) electrons. The van der Waals surface area contributed by atoms with E-state index in [4.69, 9.17) is 27.9 Å². The maximum absolute atomic E-state index is 13.9. The van der Waals surface area contributed by atoms with Gasteiger partial charge in [0.15, 0.2) is 23.1 Å². The molecule has 0 unspecified atom stereocenters. The third-order valence-corrected chi connectivity index (χ3v) is 14.0. The highest BCUT2D eigenvalue weighted by Crippen LogP contribution is 2.44. The molecule has 4 atom stereocenters. The first-order valence-electron chi connectivity index (χ1n) is 24.0. The van der Waals surface area contributed by atoms with Crippen LogP contribution in [0.2, 0.25) is 10.0 Å². The van der Waals surface area contributed by atoms with Gasteiger partial charge in [-0.1, -0.05) is 157 Å². The third kappa shape index (κ3) is 13.0. The molecule has 2 saturated heterocycles. The van der Waals surface area contributed by atoms with Crippen molar-refractivity contribution in [3.63, 3.8) is 0 Å². The zero-order valence-electron chi connectivity index (χ0n) is 41.2. The second kappa shape index (κ2) is 24.6. The van der Waals surface area contributed by atoms with Gasteiger partial charge in [0.1, 0.15) is 5.75 Å². The Labute approximate surface area is 432 Å². The summed E-state index contributed by atoms with van der Waals surface area (Å²) in [7, 11) is 8.42. The number of benzene rings is 6. The van der Waals surface area contributed by atoms with Gasteiger partial charge in [0.05, 0.1) is 20.2 Å². The van der Waals surface area contributed by atoms with Crippen LogP contribution >= 0.6 is 23.2 Å². The highest BCUT2D eigenvalue weighted by atomic mass is 35.5. The maximum Gasteiger partial charge on any atom is 0.236 e. The van der Waals surface area contributed by atoms with E-state index in [1.165, 1.54) is 9.80 Å². The number of Topliss-reactive ketones (excluding diaryl/α,β-unsaturated/α-hetero) is 4. The van der Waals surface area contributed by atoms with Crippen LogP contribution < -0.4 is 4.74 Å². The smallest absolute Gasteiger partial charge is 0.236 e. The van der Waals surface area contributed by atoms with E-state index in [-0.39, 0.29) is 54.0 Å². The number of ketones is 4. The van der Waals surface area contributed by atoms with Crippen molar-refractivity contribution in [1.82, 2.24) is 19.6 Å². The molecule has 0 N–H and O–H groups in total. The Hall–Kier alpha value is -6.76. The molecule has 0 aliphatic carbocycles. The molecular formula is C59H60Cl2N4O7. The summed E-state index contributed by atoms with van der Waals surface area (Å²) in [6.07, 6.45) is 0. The van der Waals surface area contributed by atoms with Crippen LogP contribution in [0.1, 0.15) is 64.4 Å². The van der Waals surface area contributed by atoms with Gasteiger partial charge in [-0.05, 0) is 41.5 Å². The number of halogens is 2. The van der Waals surface area contributed by atoms with Crippen molar-refractivity contribution in [2.45, 2.75) is 11.8 Å². The van der Waals surface area contributed by atoms with Gasteiger partial charge in [-0.2, -0.15) is 0 Å². The maximum atomic E-state index is 13.9. The van der Waals surface area contributed by atoms with Crippen LogP contribution in [0.5, 0.6) is 5.75 Å². The van der Waals surface area contributed by atoms with Gasteiger partial charge in [-0.25, -0.2) is 0 Å². The first kappa shape index (κ1) is 53.0. The fourth-order valence-electron chi connectivity index (χ4n) is 10.00. The van der Waals surface area contributed by atoms with Crippen molar-refractivity contribution in [3.8, 4) is 5.75 Å². The summed E-state index contributed by atoms with van der Waals surface area (Å²) in [5.41, 5.74) is 3.95. The number of carbonyl (C=O) groups is 6. The number of nitrogens with zero attached hydrogens (tertiary/aromatic N) is 4. The van der Waals surface area contributed by atoms with Crippen molar-refractivity contribution in [2.24, 2.45) is 23.7 Å². The van der Waals surface area contributed by atoms with Crippen molar-refractivity contribution in [1.29, 1.82) is 0 Å². The Morgan fingerprint density at radius 2 is 0.764 bits per heavy atom. The fraction of sp³-hybridized carbons (Fsp3) is 0.288. The van der Waals surface area contributed by atoms with E-state index < -0.39 is 29.6 Å². The summed E-state index contributed by atoms with van der Waals surface area (Å²) < 4.78 is 5.48. The molecule has 2 amide bonds. The molecule has 8 rings (SSSR count). The van der Waals surface area contributed by atoms with Gasteiger partial charge in [-0.15, -0.1) is 0 Å². The number of likely N-dealkylation sites (N-methyl/N-ethyl adjacent to an activating group) is 2. The number of methoxy groups -OCH3 is 1. The Morgan fingerprint density at radius 3 is 1.07 bits per heavy atom. The van der Waals surface area contributed by atoms with E-state index in [1.54, 1.807) is 77.8 Å². The fourth-order valence-corrected chi connectivity index (χ4v) is 10.5. The number of likely N-dealkylation sites (tertiary alicyclic amines) is 2. The normalized spacial score (nSPS) is 18.5. The summed E-state index contributed by atoms with van der Waals surface area (Å²) in [5, 5.41) is 0.888. The molecule has 11 nitrogen and oxygen atoms in total. The lowest BCUT2D eigenvalue weighted by Gasteiger charge is -2.43. The van der Waals surface area contributed by atoms with Crippen molar-refractivity contribution in [2.75, 3.05) is 74.6 Å². The number of hydrogen-bond acceptors (Lipinski definition) is 9. The van der Waals surface area contributed by atoms with Gasteiger partial charge in [0.25, 0.3) is 0 Å². The molecule has 0 bridgehead atoms. The predicted molar refractivity (Wildman–Crippen MR) is 282 cm³/mol. The minimum atomic E-state index is -0.580. The van der Waals surface area contributed by atoms with E-state index in [9.17, 15) is 28.8 Å². The predicted octanol–water partition coefficient (Wildman–Crippen LogP) is 9.66. The lowest BCUT2D eigenvalue weighted by Crippen LogP contribution is -2.52. The number of carbonyl (C=O) groups excluding carboxylic acids is 6. The Bertz CT molecular complexity index is 2710. The van der Waals surface area contributed by atoms with Gasteiger partial charge < -0.3 is 14.5 Å². The molecule has 0 aromatic heterocycles. The minimum absolute atomic E-state index is 0.0312. The van der Waals surface area contributed by atoms with E-state index in [0.29, 0.717) is 64.2 Å². The number of hydrogen-bond donors (Lipinski definition) is 0. The van der Waals surface area contributed by atoms with Crippen LogP contribution in [0.15, 0.2) is 164 Å². The van der Waals surface area contributed by atoms with Crippen molar-refractivity contribution in [3.05, 3.63) is 207 Å². The van der Waals surface area contributed by atoms with E-state index in [2.05, 4.69) is 0 Å². The van der Waals surface area contributed by atoms with E-state index in [1.807, 2.05) is 131 Å². The monoisotopic (exact) mass is 1010 g/mol. The van der Waals surface area contributed by atoms with Gasteiger partial charge in [0.2, 0.25) is 11.8 Å². The van der Waals surface area contributed by atoms with E-state index >= 15 is 0 Å². The van der Waals surface area contributed by atoms with E-state index in [0.717, 1.165) is 11.1 Å². The Balaban J connectivity index is 0.000000211. The lowest BCUT2D eigenvalue weighted by atomic mass is 9.68. The minimum Gasteiger partial charge on any atom is -0.497 e. The van der Waals surface area contributed by atoms with Gasteiger partial charge in [-0.3, -0.25) is 38.6 Å². The average molecular weight is 1010 g/mol. The summed E-state index contributed by atoms with van der Waals surface area (Å²) in [6.45, 7) is 1.70. The SMILES string of the molecule is CN(C)C(=O)CN1C[C@H](C(=O)c2ccccc2)C(c2cc(Cl)cc(Cl)c2)[C@@H](C(=O)c2ccccc2)C1.COc1cccc(C2[C@@H](C(=O)c3ccccc3)CN(CC(=O)N(C)C)C[C@@H]2C(=O)c2ccccc2)c1. The second-order valence-corrected chi connectivity index (χ2v) is 19.7. The van der Waals surface area contributed by atoms with Crippen molar-refractivity contribution >= 4 is 58.1 Å². The molecule has 6 aromatic carbocycles. The molecular weight excluding hydrogens is 948 g/mol. The van der Waals surface area contributed by atoms with Gasteiger partial charge >= 0.3 is 0 Å². The summed E-state index contributed by atoms with van der Waals surface area (Å²) in [5.74, 6) is -2.72. The molecule has 2 heterocycles. The first-order valence-corrected chi connectivity index (χ1v) is 24.7. The highest BCUT2D eigenvalue weighted by Gasteiger charge is 2.47. The average Bonchev–Trinajstić information content (AvgIpc) is 3.40. The number of rotatable bonds is 15. The van der Waals surface area contributed by atoms with Crippen LogP contribution in [-0.4, -0.2) is 129 Å². The number of ether oxygens (including phenoxy) is 1. The first-order chi connectivity index (χ1) is 34.6. The molecule has 2 aliphatic heterocycles. The van der Waals surface area contributed by atoms with Crippen molar-refractivity contribution < 1.29 is 33.5 Å². The summed E-state index contributed by atoms with van der Waals surface area (Å²) in [4.78, 5) is 87.9. The molecule has 2 aliphatic rings. The zero-order chi connectivity index (χ0) is 51.5. The summed E-state index contributed by atoms with van der Waals surface area (Å²) in [6, 6.07) is 49.3. The molecule has 372 valence electrons. The van der Waals surface area contributed by atoms with Crippen LogP contribution in [-0.2, 0) is 9.59 Å². The lowest BCUT2D eigenvalue weighted by molar-refractivity contribution is -0.131. The molecule has 13 heteroatoms. The second-order valence-electron chi connectivity index (χ2n) is 18.8. The zero-order valence-corrected chi connectivity index (χ0v) is 42.7. The number of piperidine rings is 2. The van der Waals surface area contributed by atoms with Crippen LogP contribution in [0.3, 0.4) is 0 Å². The van der Waals surface area contributed by atoms with Crippen LogP contribution in [0, 0.1) is 23.7 Å². The third-order valence-electron chi connectivity index (χ3n) is 13.6. The topological polar surface area (TPSA) is 125 Å². The van der Waals surface area contributed by atoms with Gasteiger partial charge in [0, 0.05) is 122 Å². The molecule has 2 fully saturated rings. The quantitative estimate of drug-likeness (QED) is 0.0926. The Morgan fingerprint density at radius 1 is 0.444 bits per heavy atom. The molecule has 0 spiro atoms. The number of amides is 2. The Kier molecular flexibility index (Phi) is 18.1. The molecule has 0 saturated carbocycles.